The number of methoxy groups -OCH3 is 2. The molecule has 1 aliphatic rings. The third-order valence-corrected chi connectivity index (χ3v) is 6.26. The Hall–Kier alpha value is -4.26. The number of amides is 1. The lowest BCUT2D eigenvalue weighted by Crippen LogP contribution is -2.29. The van der Waals surface area contributed by atoms with Gasteiger partial charge in [-0.1, -0.05) is 35.9 Å². The zero-order chi connectivity index (χ0) is 25.3. The van der Waals surface area contributed by atoms with E-state index in [0.29, 0.717) is 17.1 Å². The van der Waals surface area contributed by atoms with Gasteiger partial charge in [-0.05, 0) is 60.9 Å². The summed E-state index contributed by atoms with van der Waals surface area (Å²) in [5.74, 6) is -1.04. The van der Waals surface area contributed by atoms with Crippen LogP contribution < -0.4 is 9.47 Å². The number of Topliss-reactive ketones (excluding diaryl/α,β-unsaturated/α-hetero) is 1. The maximum atomic E-state index is 13.3. The Bertz CT molecular complexity index is 1330. The van der Waals surface area contributed by atoms with Gasteiger partial charge in [0.05, 0.1) is 31.4 Å². The summed E-state index contributed by atoms with van der Waals surface area (Å²) in [6, 6.07) is 16.2. The number of aromatic hydroxyl groups is 1. The topological polar surface area (TPSA) is 96.3 Å². The summed E-state index contributed by atoms with van der Waals surface area (Å²) in [5, 5.41) is 21.2. The standard InChI is InChI=1S/C28H27NO6/c1-16-5-6-17(2)19(13-16)15-29-25(18-7-9-20(30)10-8-18)24(27(32)28(29)33)26(31)22-14-21(34-3)11-12-23(22)35-4/h5-14,25,30-31H,15H2,1-4H3/b26-24+. The van der Waals surface area contributed by atoms with Crippen molar-refractivity contribution in [2.24, 2.45) is 0 Å². The van der Waals surface area contributed by atoms with Gasteiger partial charge in [0.25, 0.3) is 11.7 Å². The fourth-order valence-corrected chi connectivity index (χ4v) is 4.34. The van der Waals surface area contributed by atoms with Crippen LogP contribution in [0, 0.1) is 13.8 Å². The number of phenolic OH excluding ortho intramolecular Hbond substituents is 1. The molecule has 35 heavy (non-hydrogen) atoms. The molecule has 1 saturated heterocycles. The quantitative estimate of drug-likeness (QED) is 0.307. The Kier molecular flexibility index (Phi) is 6.51. The van der Waals surface area contributed by atoms with Crippen LogP contribution in [-0.2, 0) is 16.1 Å². The number of aliphatic hydroxyl groups excluding tert-OH is 1. The molecule has 2 N–H and O–H groups in total. The average molecular weight is 474 g/mol. The van der Waals surface area contributed by atoms with E-state index in [-0.39, 0.29) is 29.2 Å². The fraction of sp³-hybridized carbons (Fsp3) is 0.214. The minimum atomic E-state index is -0.869. The van der Waals surface area contributed by atoms with Crippen LogP contribution in [-0.4, -0.2) is 41.0 Å². The number of rotatable bonds is 6. The molecular weight excluding hydrogens is 446 g/mol. The molecule has 7 heteroatoms. The first-order valence-corrected chi connectivity index (χ1v) is 11.1. The van der Waals surface area contributed by atoms with Crippen molar-refractivity contribution < 1.29 is 29.3 Å². The van der Waals surface area contributed by atoms with Crippen molar-refractivity contribution in [3.63, 3.8) is 0 Å². The Morgan fingerprint density at radius 3 is 2.31 bits per heavy atom. The molecule has 0 aliphatic carbocycles. The highest BCUT2D eigenvalue weighted by molar-refractivity contribution is 6.46. The van der Waals surface area contributed by atoms with Crippen LogP contribution in [0.2, 0.25) is 0 Å². The van der Waals surface area contributed by atoms with Gasteiger partial charge in [0.2, 0.25) is 0 Å². The van der Waals surface area contributed by atoms with Crippen molar-refractivity contribution >= 4 is 17.4 Å². The molecule has 0 aromatic heterocycles. The summed E-state index contributed by atoms with van der Waals surface area (Å²) in [6.07, 6.45) is 0. The van der Waals surface area contributed by atoms with Gasteiger partial charge < -0.3 is 24.6 Å². The highest BCUT2D eigenvalue weighted by Crippen LogP contribution is 2.42. The lowest BCUT2D eigenvalue weighted by atomic mass is 9.94. The maximum Gasteiger partial charge on any atom is 0.295 e. The molecule has 1 fully saturated rings. The van der Waals surface area contributed by atoms with Gasteiger partial charge in [0.1, 0.15) is 23.0 Å². The number of carbonyl (C=O) groups excluding carboxylic acids is 2. The van der Waals surface area contributed by atoms with Crippen LogP contribution in [0.1, 0.15) is 33.9 Å². The summed E-state index contributed by atoms with van der Waals surface area (Å²) in [4.78, 5) is 28.1. The maximum absolute atomic E-state index is 13.3. The van der Waals surface area contributed by atoms with E-state index in [4.69, 9.17) is 9.47 Å². The third kappa shape index (κ3) is 4.45. The highest BCUT2D eigenvalue weighted by Gasteiger charge is 2.46. The van der Waals surface area contributed by atoms with Crippen molar-refractivity contribution in [3.05, 3.63) is 94.1 Å². The van der Waals surface area contributed by atoms with Gasteiger partial charge in [0, 0.05) is 6.54 Å². The molecule has 0 radical (unpaired) electrons. The van der Waals surface area contributed by atoms with E-state index in [1.807, 2.05) is 32.0 Å². The number of aryl methyl sites for hydroxylation is 2. The van der Waals surface area contributed by atoms with Crippen LogP contribution >= 0.6 is 0 Å². The van der Waals surface area contributed by atoms with Gasteiger partial charge in [-0.15, -0.1) is 0 Å². The van der Waals surface area contributed by atoms with E-state index < -0.39 is 17.7 Å². The van der Waals surface area contributed by atoms with Crippen LogP contribution in [0.5, 0.6) is 17.2 Å². The van der Waals surface area contributed by atoms with Crippen molar-refractivity contribution in [3.8, 4) is 17.2 Å². The predicted octanol–water partition coefficient (Wildman–Crippen LogP) is 4.65. The second-order valence-electron chi connectivity index (χ2n) is 8.51. The summed E-state index contributed by atoms with van der Waals surface area (Å²) < 4.78 is 10.7. The average Bonchev–Trinajstić information content (AvgIpc) is 3.10. The smallest absolute Gasteiger partial charge is 0.295 e. The molecule has 1 heterocycles. The number of phenols is 1. The van der Waals surface area contributed by atoms with E-state index in [1.54, 1.807) is 30.3 Å². The molecule has 0 spiro atoms. The lowest BCUT2D eigenvalue weighted by Gasteiger charge is -2.26. The number of aliphatic hydroxyl groups is 1. The first-order chi connectivity index (χ1) is 16.7. The van der Waals surface area contributed by atoms with Gasteiger partial charge in [-0.25, -0.2) is 0 Å². The zero-order valence-corrected chi connectivity index (χ0v) is 20.0. The predicted molar refractivity (Wildman–Crippen MR) is 131 cm³/mol. The Morgan fingerprint density at radius 2 is 1.66 bits per heavy atom. The number of likely N-dealkylation sites (tertiary alicyclic amines) is 1. The van der Waals surface area contributed by atoms with E-state index in [2.05, 4.69) is 0 Å². The number of hydrogen-bond donors (Lipinski definition) is 2. The van der Waals surface area contributed by atoms with Gasteiger partial charge in [0.15, 0.2) is 0 Å². The SMILES string of the molecule is COc1ccc(OC)c(/C(O)=C2\C(=O)C(=O)N(Cc3cc(C)ccc3C)C2c2ccc(O)cc2)c1. The number of nitrogens with zero attached hydrogens (tertiary/aromatic N) is 1. The van der Waals surface area contributed by atoms with Crippen LogP contribution in [0.15, 0.2) is 66.2 Å². The first kappa shape index (κ1) is 23.9. The Labute approximate surface area is 203 Å². The van der Waals surface area contributed by atoms with Crippen molar-refractivity contribution in [1.82, 2.24) is 4.90 Å². The molecule has 0 saturated carbocycles. The molecule has 1 amide bonds. The number of ether oxygens (including phenoxy) is 2. The van der Waals surface area contributed by atoms with Gasteiger partial charge in [-0.2, -0.15) is 0 Å². The van der Waals surface area contributed by atoms with Crippen molar-refractivity contribution in [1.29, 1.82) is 0 Å². The lowest BCUT2D eigenvalue weighted by molar-refractivity contribution is -0.140. The van der Waals surface area contributed by atoms with E-state index in [1.165, 1.54) is 31.3 Å². The highest BCUT2D eigenvalue weighted by atomic mass is 16.5. The summed E-state index contributed by atoms with van der Waals surface area (Å²) >= 11 is 0. The third-order valence-electron chi connectivity index (χ3n) is 6.26. The van der Waals surface area contributed by atoms with Crippen LogP contribution in [0.25, 0.3) is 5.76 Å². The summed E-state index contributed by atoms with van der Waals surface area (Å²) in [5.41, 5.74) is 3.67. The first-order valence-electron chi connectivity index (χ1n) is 11.1. The second kappa shape index (κ2) is 9.54. The summed E-state index contributed by atoms with van der Waals surface area (Å²) in [7, 11) is 2.94. The largest absolute Gasteiger partial charge is 0.508 e. The number of carbonyl (C=O) groups is 2. The van der Waals surface area contributed by atoms with Crippen LogP contribution in [0.4, 0.5) is 0 Å². The molecule has 3 aromatic carbocycles. The van der Waals surface area contributed by atoms with Crippen LogP contribution in [0.3, 0.4) is 0 Å². The molecule has 4 rings (SSSR count). The molecule has 7 nitrogen and oxygen atoms in total. The Balaban J connectivity index is 1.92. The molecule has 180 valence electrons. The van der Waals surface area contributed by atoms with E-state index in [0.717, 1.165) is 16.7 Å². The molecule has 1 unspecified atom stereocenters. The minimum Gasteiger partial charge on any atom is -0.508 e. The number of ketones is 1. The number of hydrogen-bond acceptors (Lipinski definition) is 6. The fourth-order valence-electron chi connectivity index (χ4n) is 4.34. The second-order valence-corrected chi connectivity index (χ2v) is 8.51. The van der Waals surface area contributed by atoms with Gasteiger partial charge in [-0.3, -0.25) is 9.59 Å². The van der Waals surface area contributed by atoms with E-state index in [9.17, 15) is 19.8 Å². The number of benzene rings is 3. The molecule has 1 atom stereocenters. The van der Waals surface area contributed by atoms with Gasteiger partial charge >= 0.3 is 0 Å². The van der Waals surface area contributed by atoms with Crippen molar-refractivity contribution in [2.75, 3.05) is 14.2 Å². The molecule has 0 bridgehead atoms. The van der Waals surface area contributed by atoms with E-state index >= 15 is 0 Å². The molecule has 3 aromatic rings. The van der Waals surface area contributed by atoms with Crippen molar-refractivity contribution in [2.45, 2.75) is 26.4 Å². The molecule has 1 aliphatic heterocycles. The Morgan fingerprint density at radius 1 is 0.943 bits per heavy atom. The normalized spacial score (nSPS) is 17.0. The molecular formula is C28H27NO6. The zero-order valence-electron chi connectivity index (χ0n) is 20.0. The monoisotopic (exact) mass is 473 g/mol. The summed E-state index contributed by atoms with van der Waals surface area (Å²) in [6.45, 7) is 4.08. The minimum absolute atomic E-state index is 0.0506.